The SMILES string of the molecule is COc1ccc(OC)c(S(=O)(=O)N2CCN(C(=O)CC(C)CCc3ccccc3)CC2)c1. The summed E-state index contributed by atoms with van der Waals surface area (Å²) in [5.41, 5.74) is 1.28. The van der Waals surface area contributed by atoms with Crippen molar-refractivity contribution in [2.24, 2.45) is 5.92 Å². The smallest absolute Gasteiger partial charge is 0.247 e. The molecule has 1 aliphatic heterocycles. The van der Waals surface area contributed by atoms with Gasteiger partial charge >= 0.3 is 0 Å². The van der Waals surface area contributed by atoms with E-state index in [1.54, 1.807) is 17.0 Å². The molecule has 1 aliphatic rings. The summed E-state index contributed by atoms with van der Waals surface area (Å²) >= 11 is 0. The standard InChI is InChI=1S/C24H32N2O5S/c1-19(9-10-20-7-5-4-6-8-20)17-24(27)25-13-15-26(16-14-25)32(28,29)23-18-21(30-2)11-12-22(23)31-3/h4-8,11-12,18-19H,9-10,13-17H2,1-3H3. The van der Waals surface area contributed by atoms with Crippen molar-refractivity contribution in [2.45, 2.75) is 31.1 Å². The molecule has 0 aromatic heterocycles. The molecule has 1 fully saturated rings. The van der Waals surface area contributed by atoms with Crippen LogP contribution in [0.5, 0.6) is 11.5 Å². The topological polar surface area (TPSA) is 76.2 Å². The van der Waals surface area contributed by atoms with Gasteiger partial charge in [-0.1, -0.05) is 37.3 Å². The van der Waals surface area contributed by atoms with Gasteiger partial charge < -0.3 is 14.4 Å². The van der Waals surface area contributed by atoms with E-state index in [9.17, 15) is 13.2 Å². The Morgan fingerprint density at radius 2 is 1.69 bits per heavy atom. The zero-order valence-corrected chi connectivity index (χ0v) is 19.8. The van der Waals surface area contributed by atoms with Gasteiger partial charge in [0.05, 0.1) is 14.2 Å². The Morgan fingerprint density at radius 3 is 2.31 bits per heavy atom. The van der Waals surface area contributed by atoms with Crippen molar-refractivity contribution >= 4 is 15.9 Å². The molecule has 174 valence electrons. The van der Waals surface area contributed by atoms with E-state index in [1.165, 1.54) is 30.2 Å². The molecule has 1 amide bonds. The molecule has 1 saturated heterocycles. The predicted molar refractivity (Wildman–Crippen MR) is 123 cm³/mol. The van der Waals surface area contributed by atoms with Crippen LogP contribution in [0.25, 0.3) is 0 Å². The molecule has 0 spiro atoms. The van der Waals surface area contributed by atoms with E-state index in [0.29, 0.717) is 25.3 Å². The normalized spacial score (nSPS) is 15.9. The number of benzene rings is 2. The molecule has 1 atom stereocenters. The molecule has 0 saturated carbocycles. The summed E-state index contributed by atoms with van der Waals surface area (Å²) in [5, 5.41) is 0. The van der Waals surface area contributed by atoms with Crippen LogP contribution in [0.15, 0.2) is 53.4 Å². The first kappa shape index (κ1) is 24.1. The maximum absolute atomic E-state index is 13.2. The van der Waals surface area contributed by atoms with Gasteiger partial charge in [-0.25, -0.2) is 8.42 Å². The Hall–Kier alpha value is -2.58. The Labute approximate surface area is 191 Å². The van der Waals surface area contributed by atoms with Gasteiger partial charge in [0.25, 0.3) is 0 Å². The number of ether oxygens (including phenoxy) is 2. The van der Waals surface area contributed by atoms with Gasteiger partial charge in [0, 0.05) is 38.7 Å². The summed E-state index contributed by atoms with van der Waals surface area (Å²) in [6.07, 6.45) is 2.37. The molecule has 8 heteroatoms. The maximum atomic E-state index is 13.2. The summed E-state index contributed by atoms with van der Waals surface area (Å²) in [6.45, 7) is 3.38. The number of nitrogens with zero attached hydrogens (tertiary/aromatic N) is 2. The van der Waals surface area contributed by atoms with Crippen molar-refractivity contribution < 1.29 is 22.7 Å². The molecule has 2 aromatic carbocycles. The highest BCUT2D eigenvalue weighted by molar-refractivity contribution is 7.89. The predicted octanol–water partition coefficient (Wildman–Crippen LogP) is 3.20. The average Bonchev–Trinajstić information content (AvgIpc) is 2.83. The number of hydrogen-bond donors (Lipinski definition) is 0. The summed E-state index contributed by atoms with van der Waals surface area (Å²) in [7, 11) is -0.828. The van der Waals surface area contributed by atoms with Gasteiger partial charge in [-0.15, -0.1) is 0 Å². The average molecular weight is 461 g/mol. The number of rotatable bonds is 9. The highest BCUT2D eigenvalue weighted by atomic mass is 32.2. The largest absolute Gasteiger partial charge is 0.497 e. The summed E-state index contributed by atoms with van der Waals surface area (Å²) < 4.78 is 38.2. The molecule has 3 rings (SSSR count). The lowest BCUT2D eigenvalue weighted by Gasteiger charge is -2.34. The quantitative estimate of drug-likeness (QED) is 0.574. The number of hydrogen-bond acceptors (Lipinski definition) is 5. The third-order valence-electron chi connectivity index (χ3n) is 5.87. The van der Waals surface area contributed by atoms with Gasteiger partial charge in [0.2, 0.25) is 15.9 Å². The first-order valence-electron chi connectivity index (χ1n) is 10.9. The lowest BCUT2D eigenvalue weighted by atomic mass is 9.97. The second-order valence-electron chi connectivity index (χ2n) is 8.14. The van der Waals surface area contributed by atoms with Gasteiger partial charge in [-0.05, 0) is 36.5 Å². The van der Waals surface area contributed by atoms with E-state index in [-0.39, 0.29) is 35.6 Å². The number of piperazine rings is 1. The van der Waals surface area contributed by atoms with E-state index in [4.69, 9.17) is 9.47 Å². The number of carbonyl (C=O) groups excluding carboxylic acids is 1. The van der Waals surface area contributed by atoms with E-state index >= 15 is 0 Å². The molecule has 2 aromatic rings. The lowest BCUT2D eigenvalue weighted by Crippen LogP contribution is -2.50. The second kappa shape index (κ2) is 10.8. The van der Waals surface area contributed by atoms with Crippen molar-refractivity contribution in [2.75, 3.05) is 40.4 Å². The molecule has 0 N–H and O–H groups in total. The molecule has 0 aliphatic carbocycles. The van der Waals surface area contributed by atoms with Crippen LogP contribution in [0.2, 0.25) is 0 Å². The molecule has 32 heavy (non-hydrogen) atoms. The number of methoxy groups -OCH3 is 2. The Morgan fingerprint density at radius 1 is 1.00 bits per heavy atom. The van der Waals surface area contributed by atoms with E-state index in [1.807, 2.05) is 18.2 Å². The maximum Gasteiger partial charge on any atom is 0.247 e. The molecular formula is C24H32N2O5S. The van der Waals surface area contributed by atoms with Gasteiger partial charge in [-0.2, -0.15) is 4.31 Å². The summed E-state index contributed by atoms with van der Waals surface area (Å²) in [5.74, 6) is 1.08. The molecule has 1 heterocycles. The van der Waals surface area contributed by atoms with Crippen LogP contribution < -0.4 is 9.47 Å². The van der Waals surface area contributed by atoms with Crippen LogP contribution in [0.4, 0.5) is 0 Å². The molecule has 7 nitrogen and oxygen atoms in total. The Bertz CT molecular complexity index is 1000. The Kier molecular flexibility index (Phi) is 8.15. The van der Waals surface area contributed by atoms with E-state index < -0.39 is 10.0 Å². The number of sulfonamides is 1. The minimum absolute atomic E-state index is 0.0775. The fraction of sp³-hybridized carbons (Fsp3) is 0.458. The molecular weight excluding hydrogens is 428 g/mol. The minimum atomic E-state index is -3.76. The van der Waals surface area contributed by atoms with Crippen molar-refractivity contribution in [1.82, 2.24) is 9.21 Å². The van der Waals surface area contributed by atoms with E-state index in [2.05, 4.69) is 19.1 Å². The molecule has 0 bridgehead atoms. The first-order valence-corrected chi connectivity index (χ1v) is 12.3. The second-order valence-corrected chi connectivity index (χ2v) is 10.0. The third kappa shape index (κ3) is 5.81. The number of aryl methyl sites for hydroxylation is 1. The number of amides is 1. The summed E-state index contributed by atoms with van der Waals surface area (Å²) in [4.78, 5) is 14.6. The fourth-order valence-corrected chi connectivity index (χ4v) is 5.48. The van der Waals surface area contributed by atoms with Crippen molar-refractivity contribution in [3.63, 3.8) is 0 Å². The fourth-order valence-electron chi connectivity index (χ4n) is 3.89. The van der Waals surface area contributed by atoms with Crippen LogP contribution in [0, 0.1) is 5.92 Å². The highest BCUT2D eigenvalue weighted by Crippen LogP contribution is 2.31. The van der Waals surface area contributed by atoms with Crippen LogP contribution in [-0.4, -0.2) is 63.9 Å². The lowest BCUT2D eigenvalue weighted by molar-refractivity contribution is -0.133. The zero-order valence-electron chi connectivity index (χ0n) is 19.0. The van der Waals surface area contributed by atoms with Crippen LogP contribution in [0.3, 0.4) is 0 Å². The molecule has 0 radical (unpaired) electrons. The molecule has 1 unspecified atom stereocenters. The third-order valence-corrected chi connectivity index (χ3v) is 7.79. The van der Waals surface area contributed by atoms with Crippen molar-refractivity contribution in [1.29, 1.82) is 0 Å². The highest BCUT2D eigenvalue weighted by Gasteiger charge is 2.32. The van der Waals surface area contributed by atoms with Gasteiger partial charge in [0.1, 0.15) is 16.4 Å². The first-order chi connectivity index (χ1) is 15.3. The minimum Gasteiger partial charge on any atom is -0.497 e. The summed E-state index contributed by atoms with van der Waals surface area (Å²) in [6, 6.07) is 15.0. The van der Waals surface area contributed by atoms with E-state index in [0.717, 1.165) is 12.8 Å². The van der Waals surface area contributed by atoms with Gasteiger partial charge in [0.15, 0.2) is 0 Å². The number of carbonyl (C=O) groups is 1. The van der Waals surface area contributed by atoms with Crippen LogP contribution in [0.1, 0.15) is 25.3 Å². The van der Waals surface area contributed by atoms with Crippen molar-refractivity contribution in [3.05, 3.63) is 54.1 Å². The van der Waals surface area contributed by atoms with Crippen molar-refractivity contribution in [3.8, 4) is 11.5 Å². The Balaban J connectivity index is 1.55. The monoisotopic (exact) mass is 460 g/mol. The zero-order chi connectivity index (χ0) is 23.1. The van der Waals surface area contributed by atoms with Gasteiger partial charge in [-0.3, -0.25) is 4.79 Å². The van der Waals surface area contributed by atoms with Crippen LogP contribution >= 0.6 is 0 Å². The van der Waals surface area contributed by atoms with Crippen LogP contribution in [-0.2, 0) is 21.2 Å².